The minimum Gasteiger partial charge on any atom is -0.308 e. The van der Waals surface area contributed by atoms with Gasteiger partial charge < -0.3 is 5.32 Å². The summed E-state index contributed by atoms with van der Waals surface area (Å²) in [7, 11) is -1.94. The number of benzene rings is 1. The minimum atomic E-state index is -3.60. The summed E-state index contributed by atoms with van der Waals surface area (Å²) < 4.78 is 43.7. The molecule has 0 atom stereocenters. The van der Waals surface area contributed by atoms with E-state index in [1.54, 1.807) is 25.4 Å². The fraction of sp³-hybridized carbons (Fsp3) is 0.350. The van der Waals surface area contributed by atoms with Crippen molar-refractivity contribution in [1.82, 2.24) is 28.8 Å². The van der Waals surface area contributed by atoms with Crippen molar-refractivity contribution >= 4 is 33.3 Å². The van der Waals surface area contributed by atoms with E-state index in [1.807, 2.05) is 4.90 Å². The number of hydrogen-bond donors (Lipinski definition) is 1. The summed E-state index contributed by atoms with van der Waals surface area (Å²) in [6.07, 6.45) is 4.42. The second kappa shape index (κ2) is 9.59. The first-order valence-electron chi connectivity index (χ1n) is 10.2. The van der Waals surface area contributed by atoms with Gasteiger partial charge >= 0.3 is 0 Å². The molecule has 3 aromatic rings. The number of carbonyl (C=O) groups excluding carboxylic acids is 1. The lowest BCUT2D eigenvalue weighted by molar-refractivity contribution is -0.117. The Labute approximate surface area is 195 Å². The Balaban J connectivity index is 1.28. The molecule has 1 aliphatic heterocycles. The van der Waals surface area contributed by atoms with Crippen LogP contribution in [0.5, 0.6) is 0 Å². The average molecular weight is 496 g/mol. The first-order valence-corrected chi connectivity index (χ1v) is 12.0. The van der Waals surface area contributed by atoms with Crippen molar-refractivity contribution in [2.45, 2.75) is 11.4 Å². The van der Waals surface area contributed by atoms with Gasteiger partial charge in [-0.05, 0) is 12.1 Å². The number of nitrogens with zero attached hydrogens (tertiary/aromatic N) is 6. The number of hydrogen-bond acceptors (Lipinski definition) is 6. The third-order valence-corrected chi connectivity index (χ3v) is 7.51. The second-order valence-corrected chi connectivity index (χ2v) is 10.0. The zero-order valence-corrected chi connectivity index (χ0v) is 19.4. The van der Waals surface area contributed by atoms with E-state index in [2.05, 4.69) is 15.5 Å². The van der Waals surface area contributed by atoms with Crippen molar-refractivity contribution in [3.05, 3.63) is 59.3 Å². The average Bonchev–Trinajstić information content (AvgIpc) is 3.40. The Bertz CT molecular complexity index is 1230. The Kier molecular flexibility index (Phi) is 6.79. The number of piperazine rings is 1. The van der Waals surface area contributed by atoms with Crippen LogP contribution in [0.2, 0.25) is 5.02 Å². The van der Waals surface area contributed by atoms with Gasteiger partial charge in [0.05, 0.1) is 19.3 Å². The fourth-order valence-corrected chi connectivity index (χ4v) is 5.19. The molecule has 0 bridgehead atoms. The van der Waals surface area contributed by atoms with Crippen molar-refractivity contribution in [2.24, 2.45) is 7.05 Å². The van der Waals surface area contributed by atoms with Crippen molar-refractivity contribution < 1.29 is 17.6 Å². The maximum absolute atomic E-state index is 14.0. The lowest BCUT2D eigenvalue weighted by Crippen LogP contribution is -2.50. The maximum atomic E-state index is 14.0. The molecular weight excluding hydrogens is 473 g/mol. The second-order valence-electron chi connectivity index (χ2n) is 7.68. The van der Waals surface area contributed by atoms with Gasteiger partial charge in [-0.15, -0.1) is 0 Å². The highest BCUT2D eigenvalue weighted by atomic mass is 35.5. The molecule has 1 aromatic carbocycles. The summed E-state index contributed by atoms with van der Waals surface area (Å²) in [6, 6.07) is 6.08. The van der Waals surface area contributed by atoms with Crippen LogP contribution in [0.15, 0.2) is 47.8 Å². The van der Waals surface area contributed by atoms with Crippen LogP contribution in [0.1, 0.15) is 5.56 Å². The summed E-state index contributed by atoms with van der Waals surface area (Å²) in [5.41, 5.74) is 0.319. The quantitative estimate of drug-likeness (QED) is 0.531. The molecule has 3 heterocycles. The van der Waals surface area contributed by atoms with Gasteiger partial charge in [0.25, 0.3) is 0 Å². The molecule has 176 valence electrons. The number of anilines is 1. The molecule has 2 aromatic heterocycles. The zero-order chi connectivity index (χ0) is 23.6. The molecule has 33 heavy (non-hydrogen) atoms. The Morgan fingerprint density at radius 1 is 1.21 bits per heavy atom. The molecule has 1 aliphatic rings. The molecule has 1 fully saturated rings. The highest BCUT2D eigenvalue weighted by Crippen LogP contribution is 2.20. The van der Waals surface area contributed by atoms with Gasteiger partial charge in [-0.1, -0.05) is 17.7 Å². The molecule has 1 N–H and O–H groups in total. The highest BCUT2D eigenvalue weighted by molar-refractivity contribution is 7.89. The van der Waals surface area contributed by atoms with Gasteiger partial charge in [-0.3, -0.25) is 19.1 Å². The Morgan fingerprint density at radius 2 is 1.97 bits per heavy atom. The monoisotopic (exact) mass is 495 g/mol. The van der Waals surface area contributed by atoms with Crippen molar-refractivity contribution in [1.29, 1.82) is 0 Å². The van der Waals surface area contributed by atoms with Gasteiger partial charge in [0.2, 0.25) is 15.9 Å². The molecule has 0 spiro atoms. The number of nitrogens with one attached hydrogen (secondary N) is 1. The number of aromatic nitrogens is 4. The number of halogens is 2. The molecule has 0 saturated carbocycles. The molecule has 1 saturated heterocycles. The number of sulfonamides is 1. The van der Waals surface area contributed by atoms with E-state index in [-0.39, 0.29) is 37.0 Å². The van der Waals surface area contributed by atoms with Gasteiger partial charge in [0.1, 0.15) is 10.7 Å². The predicted molar refractivity (Wildman–Crippen MR) is 120 cm³/mol. The van der Waals surface area contributed by atoms with Gasteiger partial charge in [0.15, 0.2) is 5.82 Å². The molecule has 4 rings (SSSR count). The first-order chi connectivity index (χ1) is 15.7. The van der Waals surface area contributed by atoms with Crippen LogP contribution in [0.25, 0.3) is 0 Å². The summed E-state index contributed by atoms with van der Waals surface area (Å²) in [6.45, 7) is 1.65. The third-order valence-electron chi connectivity index (χ3n) is 5.31. The molecule has 0 unspecified atom stereocenters. The maximum Gasteiger partial charge on any atom is 0.246 e. The van der Waals surface area contributed by atoms with Crippen LogP contribution in [0, 0.1) is 5.82 Å². The molecule has 0 aliphatic carbocycles. The summed E-state index contributed by atoms with van der Waals surface area (Å²) in [5, 5.41) is 11.2. The number of rotatable bonds is 7. The lowest BCUT2D eigenvalue weighted by atomic mass is 10.2. The topological polar surface area (TPSA) is 105 Å². The minimum absolute atomic E-state index is 0.104. The number of amides is 1. The van der Waals surface area contributed by atoms with Gasteiger partial charge in [-0.2, -0.15) is 14.5 Å². The predicted octanol–water partition coefficient (Wildman–Crippen LogP) is 1.40. The molecule has 13 heteroatoms. The van der Waals surface area contributed by atoms with Crippen LogP contribution in [-0.4, -0.2) is 75.8 Å². The van der Waals surface area contributed by atoms with E-state index in [4.69, 9.17) is 11.6 Å². The van der Waals surface area contributed by atoms with E-state index in [0.29, 0.717) is 29.5 Å². The van der Waals surface area contributed by atoms with E-state index in [1.165, 1.54) is 38.2 Å². The zero-order valence-electron chi connectivity index (χ0n) is 17.9. The van der Waals surface area contributed by atoms with E-state index < -0.39 is 15.8 Å². The smallest absolute Gasteiger partial charge is 0.246 e. The Morgan fingerprint density at radius 3 is 2.64 bits per heavy atom. The molecule has 1 amide bonds. The summed E-state index contributed by atoms with van der Waals surface area (Å²) in [4.78, 5) is 14.5. The van der Waals surface area contributed by atoms with Crippen LogP contribution in [0.3, 0.4) is 0 Å². The third kappa shape index (κ3) is 5.41. The highest BCUT2D eigenvalue weighted by Gasteiger charge is 2.30. The van der Waals surface area contributed by atoms with Crippen molar-refractivity contribution in [3.8, 4) is 0 Å². The first kappa shape index (κ1) is 23.4. The molecule has 10 nitrogen and oxygen atoms in total. The van der Waals surface area contributed by atoms with Crippen molar-refractivity contribution in [3.63, 3.8) is 0 Å². The molecule has 0 radical (unpaired) electrons. The summed E-state index contributed by atoms with van der Waals surface area (Å²) >= 11 is 6.05. The largest absolute Gasteiger partial charge is 0.308 e. The fourth-order valence-electron chi connectivity index (χ4n) is 3.56. The van der Waals surface area contributed by atoms with Crippen LogP contribution in [0.4, 0.5) is 10.2 Å². The van der Waals surface area contributed by atoms with Crippen LogP contribution >= 0.6 is 11.6 Å². The van der Waals surface area contributed by atoms with E-state index >= 15 is 0 Å². The summed E-state index contributed by atoms with van der Waals surface area (Å²) in [5.74, 6) is -0.355. The standard InChI is InChI=1S/C20H23ClFN7O3S/c1-26-12-15(11-23-26)33(31,32)29-9-7-27(8-10-29)14-20(30)24-19-5-6-28(25-19)13-16-17(21)3-2-4-18(16)22/h2-6,11-12H,7-10,13-14H2,1H3,(H,24,25,30). The lowest BCUT2D eigenvalue weighted by Gasteiger charge is -2.33. The van der Waals surface area contributed by atoms with Crippen molar-refractivity contribution in [2.75, 3.05) is 38.0 Å². The number of aryl methyl sites for hydroxylation is 1. The van der Waals surface area contributed by atoms with Gasteiger partial charge in [-0.25, -0.2) is 12.8 Å². The Hall–Kier alpha value is -2.80. The van der Waals surface area contributed by atoms with Crippen LogP contribution < -0.4 is 5.32 Å². The normalized spacial score (nSPS) is 15.6. The van der Waals surface area contributed by atoms with Crippen LogP contribution in [-0.2, 0) is 28.4 Å². The number of carbonyl (C=O) groups is 1. The SMILES string of the molecule is Cn1cc(S(=O)(=O)N2CCN(CC(=O)Nc3ccn(Cc4c(F)cccc4Cl)n3)CC2)cn1. The van der Waals surface area contributed by atoms with E-state index in [9.17, 15) is 17.6 Å². The van der Waals surface area contributed by atoms with Gasteiger partial charge in [0, 0.05) is 62.3 Å². The van der Waals surface area contributed by atoms with E-state index in [0.717, 1.165) is 0 Å². The molecular formula is C20H23ClFN7O3S.